The Balaban J connectivity index is 3.18. The van der Waals surface area contributed by atoms with Gasteiger partial charge in [-0.15, -0.1) is 0 Å². The monoisotopic (exact) mass is 217 g/mol. The molecule has 0 aromatic heterocycles. The van der Waals surface area contributed by atoms with Gasteiger partial charge in [0, 0.05) is 12.8 Å². The van der Waals surface area contributed by atoms with E-state index in [0.29, 0.717) is 12.8 Å². The lowest BCUT2D eigenvalue weighted by molar-refractivity contribution is -0.140. The summed E-state index contributed by atoms with van der Waals surface area (Å²) in [5, 5.41) is 0. The molecule has 0 aromatic carbocycles. The number of ether oxygens (including phenoxy) is 1. The Hall–Kier alpha value is -1.10. The van der Waals surface area contributed by atoms with Crippen LogP contribution in [0.4, 0.5) is 0 Å². The fraction of sp³-hybridized carbons (Fsp3) is 0.800. The molecule has 0 bridgehead atoms. The van der Waals surface area contributed by atoms with Crippen LogP contribution in [0.2, 0.25) is 0 Å². The maximum Gasteiger partial charge on any atom is 0.305 e. The van der Waals surface area contributed by atoms with Crippen molar-refractivity contribution in [2.45, 2.75) is 38.5 Å². The molecule has 1 amide bonds. The fourth-order valence-electron chi connectivity index (χ4n) is 1.18. The molecular weight excluding hydrogens is 198 g/mol. The van der Waals surface area contributed by atoms with Crippen LogP contribution in [0.25, 0.3) is 0 Å². The highest BCUT2D eigenvalue weighted by molar-refractivity contribution is 5.74. The minimum absolute atomic E-state index is 0.106. The Morgan fingerprint density at radius 3 is 2.13 bits per heavy atom. The molecule has 15 heavy (non-hydrogen) atoms. The van der Waals surface area contributed by atoms with E-state index >= 15 is 0 Å². The summed E-state index contributed by atoms with van der Waals surface area (Å²) in [5.41, 5.74) is 2.25. The maximum atomic E-state index is 10.9. The van der Waals surface area contributed by atoms with Crippen molar-refractivity contribution in [2.24, 2.45) is 0 Å². The third-order valence-electron chi connectivity index (χ3n) is 1.98. The maximum absolute atomic E-state index is 10.9. The smallest absolute Gasteiger partial charge is 0.305 e. The molecule has 0 saturated heterocycles. The summed E-state index contributed by atoms with van der Waals surface area (Å²) in [4.78, 5) is 26.1. The number of hydrogen-bond acceptors (Lipinski definition) is 4. The molecule has 0 aliphatic heterocycles. The summed E-state index contributed by atoms with van der Waals surface area (Å²) in [6, 6.07) is 0. The van der Waals surface area contributed by atoms with Crippen molar-refractivity contribution in [1.29, 1.82) is 0 Å². The zero-order chi connectivity index (χ0) is 11.5. The first-order chi connectivity index (χ1) is 7.20. The number of hydrogen-bond donors (Lipinski definition) is 1. The van der Waals surface area contributed by atoms with Gasteiger partial charge < -0.3 is 4.74 Å². The second-order valence-electron chi connectivity index (χ2n) is 3.22. The zero-order valence-corrected chi connectivity index (χ0v) is 9.38. The molecule has 0 atom stereocenters. The Labute approximate surface area is 90.1 Å². The molecule has 0 aliphatic carbocycles. The van der Waals surface area contributed by atoms with Gasteiger partial charge >= 0.3 is 5.97 Å². The number of hydroxylamine groups is 1. The number of amides is 1. The zero-order valence-electron chi connectivity index (χ0n) is 9.38. The standard InChI is InChI=1S/C10H19NO4/c1-14-10(13)8-6-4-3-5-7-9(12)11-15-2/h3-8H2,1-2H3,(H,11,12). The van der Waals surface area contributed by atoms with E-state index in [2.05, 4.69) is 15.1 Å². The van der Waals surface area contributed by atoms with Gasteiger partial charge in [0.05, 0.1) is 14.2 Å². The van der Waals surface area contributed by atoms with Gasteiger partial charge in [-0.05, 0) is 12.8 Å². The second kappa shape index (κ2) is 9.45. The number of rotatable bonds is 8. The molecule has 1 N–H and O–H groups in total. The SMILES string of the molecule is CONC(=O)CCCCCCC(=O)OC. The number of unbranched alkanes of at least 4 members (excludes halogenated alkanes) is 3. The third-order valence-corrected chi connectivity index (χ3v) is 1.98. The van der Waals surface area contributed by atoms with Crippen LogP contribution in [0, 0.1) is 0 Å². The van der Waals surface area contributed by atoms with E-state index in [1.807, 2.05) is 0 Å². The average Bonchev–Trinajstić information content (AvgIpc) is 2.23. The second-order valence-corrected chi connectivity index (χ2v) is 3.22. The summed E-state index contributed by atoms with van der Waals surface area (Å²) in [5.74, 6) is -0.280. The molecule has 88 valence electrons. The van der Waals surface area contributed by atoms with Gasteiger partial charge in [-0.1, -0.05) is 12.8 Å². The normalized spacial score (nSPS) is 9.73. The molecule has 0 spiro atoms. The fourth-order valence-corrected chi connectivity index (χ4v) is 1.18. The van der Waals surface area contributed by atoms with Crippen LogP contribution < -0.4 is 5.48 Å². The lowest BCUT2D eigenvalue weighted by atomic mass is 10.1. The van der Waals surface area contributed by atoms with Crippen molar-refractivity contribution in [1.82, 2.24) is 5.48 Å². The molecular formula is C10H19NO4. The highest BCUT2D eigenvalue weighted by Crippen LogP contribution is 2.05. The molecule has 5 nitrogen and oxygen atoms in total. The third kappa shape index (κ3) is 9.21. The number of methoxy groups -OCH3 is 1. The average molecular weight is 217 g/mol. The quantitative estimate of drug-likeness (QED) is 0.376. The number of carbonyl (C=O) groups excluding carboxylic acids is 2. The molecule has 0 aliphatic rings. The van der Waals surface area contributed by atoms with Gasteiger partial charge in [0.1, 0.15) is 0 Å². The highest BCUT2D eigenvalue weighted by atomic mass is 16.6. The largest absolute Gasteiger partial charge is 0.469 e. The van der Waals surface area contributed by atoms with Crippen molar-refractivity contribution in [3.8, 4) is 0 Å². The summed E-state index contributed by atoms with van der Waals surface area (Å²) >= 11 is 0. The van der Waals surface area contributed by atoms with Gasteiger partial charge in [0.25, 0.3) is 0 Å². The lowest BCUT2D eigenvalue weighted by Crippen LogP contribution is -2.21. The molecule has 0 heterocycles. The Morgan fingerprint density at radius 1 is 1.00 bits per heavy atom. The Kier molecular flexibility index (Phi) is 8.76. The molecule has 0 unspecified atom stereocenters. The van der Waals surface area contributed by atoms with Gasteiger partial charge in [-0.3, -0.25) is 14.4 Å². The van der Waals surface area contributed by atoms with Crippen LogP contribution in [-0.2, 0) is 19.2 Å². The molecule has 0 radical (unpaired) electrons. The summed E-state index contributed by atoms with van der Waals surface area (Å²) < 4.78 is 4.51. The number of carbonyl (C=O) groups is 2. The van der Waals surface area contributed by atoms with Gasteiger partial charge in [0.15, 0.2) is 0 Å². The lowest BCUT2D eigenvalue weighted by Gasteiger charge is -2.02. The summed E-state index contributed by atoms with van der Waals surface area (Å²) in [6.45, 7) is 0. The molecule has 0 saturated carbocycles. The van der Waals surface area contributed by atoms with Gasteiger partial charge in [-0.2, -0.15) is 0 Å². The van der Waals surface area contributed by atoms with Crippen molar-refractivity contribution in [2.75, 3.05) is 14.2 Å². The minimum atomic E-state index is -0.174. The van der Waals surface area contributed by atoms with Crippen LogP contribution >= 0.6 is 0 Å². The van der Waals surface area contributed by atoms with Crippen LogP contribution in [0.3, 0.4) is 0 Å². The Bertz CT molecular complexity index is 194. The van der Waals surface area contributed by atoms with E-state index in [9.17, 15) is 9.59 Å². The summed E-state index contributed by atoms with van der Waals surface area (Å²) in [6.07, 6.45) is 4.44. The van der Waals surface area contributed by atoms with Crippen molar-refractivity contribution in [3.05, 3.63) is 0 Å². The first-order valence-electron chi connectivity index (χ1n) is 5.09. The van der Waals surface area contributed by atoms with Crippen molar-refractivity contribution in [3.63, 3.8) is 0 Å². The van der Waals surface area contributed by atoms with E-state index in [1.54, 1.807) is 0 Å². The van der Waals surface area contributed by atoms with Crippen molar-refractivity contribution < 1.29 is 19.2 Å². The highest BCUT2D eigenvalue weighted by Gasteiger charge is 2.01. The first kappa shape index (κ1) is 13.9. The predicted molar refractivity (Wildman–Crippen MR) is 54.9 cm³/mol. The number of esters is 1. The van der Waals surface area contributed by atoms with E-state index in [-0.39, 0.29) is 11.9 Å². The first-order valence-corrected chi connectivity index (χ1v) is 5.09. The minimum Gasteiger partial charge on any atom is -0.469 e. The van der Waals surface area contributed by atoms with Gasteiger partial charge in [0.2, 0.25) is 5.91 Å². The van der Waals surface area contributed by atoms with E-state index in [0.717, 1.165) is 25.7 Å². The number of nitrogens with one attached hydrogen (secondary N) is 1. The summed E-state index contributed by atoms with van der Waals surface area (Å²) in [7, 11) is 2.80. The van der Waals surface area contributed by atoms with Crippen LogP contribution in [0.5, 0.6) is 0 Å². The van der Waals surface area contributed by atoms with Crippen molar-refractivity contribution >= 4 is 11.9 Å². The van der Waals surface area contributed by atoms with Crippen LogP contribution in [-0.4, -0.2) is 26.1 Å². The predicted octanol–water partition coefficient (Wildman–Crippen LogP) is 1.18. The molecule has 5 heteroatoms. The van der Waals surface area contributed by atoms with E-state index < -0.39 is 0 Å². The van der Waals surface area contributed by atoms with E-state index in [1.165, 1.54) is 14.2 Å². The van der Waals surface area contributed by atoms with E-state index in [4.69, 9.17) is 0 Å². The van der Waals surface area contributed by atoms with Crippen LogP contribution in [0.1, 0.15) is 38.5 Å². The molecule has 0 rings (SSSR count). The Morgan fingerprint density at radius 2 is 1.60 bits per heavy atom. The van der Waals surface area contributed by atoms with Gasteiger partial charge in [-0.25, -0.2) is 5.48 Å². The topological polar surface area (TPSA) is 64.6 Å². The molecule has 0 aromatic rings. The van der Waals surface area contributed by atoms with Crippen LogP contribution in [0.15, 0.2) is 0 Å². The molecule has 0 fully saturated rings.